The fourth-order valence-corrected chi connectivity index (χ4v) is 1.32. The lowest BCUT2D eigenvalue weighted by Crippen LogP contribution is -2.43. The molecule has 1 unspecified atom stereocenters. The summed E-state index contributed by atoms with van der Waals surface area (Å²) in [5.41, 5.74) is 5.61. The summed E-state index contributed by atoms with van der Waals surface area (Å²) in [5, 5.41) is 0. The molecule has 11 heavy (non-hydrogen) atoms. The first-order valence-electron chi connectivity index (χ1n) is 4.12. The van der Waals surface area contributed by atoms with Crippen molar-refractivity contribution in [2.45, 2.75) is 38.0 Å². The van der Waals surface area contributed by atoms with Crippen LogP contribution >= 0.6 is 0 Å². The summed E-state index contributed by atoms with van der Waals surface area (Å²) in [5.74, 6) is 0. The molecule has 1 saturated carbocycles. The second-order valence-electron chi connectivity index (χ2n) is 3.26. The van der Waals surface area contributed by atoms with Crippen LogP contribution in [0.4, 0.5) is 0 Å². The topological polar surface area (TPSA) is 44.5 Å². The maximum absolute atomic E-state index is 5.61. The molecule has 0 radical (unpaired) electrons. The highest BCUT2D eigenvalue weighted by atomic mass is 16.5. The van der Waals surface area contributed by atoms with Crippen LogP contribution in [0.3, 0.4) is 0 Å². The Balaban J connectivity index is 2.02. The van der Waals surface area contributed by atoms with Crippen molar-refractivity contribution in [3.63, 3.8) is 0 Å². The van der Waals surface area contributed by atoms with Gasteiger partial charge in [-0.1, -0.05) is 0 Å². The van der Waals surface area contributed by atoms with Crippen molar-refractivity contribution in [1.29, 1.82) is 0 Å². The molecule has 66 valence electrons. The Hall–Kier alpha value is -0.120. The van der Waals surface area contributed by atoms with Gasteiger partial charge in [0.25, 0.3) is 0 Å². The molecule has 0 saturated heterocycles. The monoisotopic (exact) mass is 159 g/mol. The van der Waals surface area contributed by atoms with Gasteiger partial charge in [0.1, 0.15) is 0 Å². The standard InChI is InChI=1S/C8H17NO2/c1-6(5-10-2)11-8-3-7(9)4-8/h6-8H,3-5,9H2,1-2H3. The molecule has 1 atom stereocenters. The maximum atomic E-state index is 5.61. The van der Waals surface area contributed by atoms with Crippen LogP contribution in [0, 0.1) is 0 Å². The molecule has 0 aromatic rings. The van der Waals surface area contributed by atoms with E-state index in [-0.39, 0.29) is 6.10 Å². The molecule has 0 aromatic heterocycles. The van der Waals surface area contributed by atoms with Gasteiger partial charge in [-0.3, -0.25) is 0 Å². The van der Waals surface area contributed by atoms with Crippen LogP contribution in [0.25, 0.3) is 0 Å². The summed E-state index contributed by atoms with van der Waals surface area (Å²) >= 11 is 0. The van der Waals surface area contributed by atoms with E-state index >= 15 is 0 Å². The van der Waals surface area contributed by atoms with Crippen LogP contribution in [0.5, 0.6) is 0 Å². The lowest BCUT2D eigenvalue weighted by Gasteiger charge is -2.34. The smallest absolute Gasteiger partial charge is 0.0784 e. The summed E-state index contributed by atoms with van der Waals surface area (Å²) in [6.45, 7) is 2.69. The minimum Gasteiger partial charge on any atom is -0.382 e. The number of hydrogen-bond donors (Lipinski definition) is 1. The minimum atomic E-state index is 0.206. The largest absolute Gasteiger partial charge is 0.382 e. The summed E-state index contributed by atoms with van der Waals surface area (Å²) in [7, 11) is 1.69. The first-order chi connectivity index (χ1) is 5.22. The van der Waals surface area contributed by atoms with Gasteiger partial charge < -0.3 is 15.2 Å². The molecule has 1 rings (SSSR count). The lowest BCUT2D eigenvalue weighted by atomic mass is 9.90. The molecule has 3 heteroatoms. The second-order valence-corrected chi connectivity index (χ2v) is 3.26. The number of ether oxygens (including phenoxy) is 2. The van der Waals surface area contributed by atoms with Crippen LogP contribution in [0.2, 0.25) is 0 Å². The van der Waals surface area contributed by atoms with Crippen LogP contribution < -0.4 is 5.73 Å². The van der Waals surface area contributed by atoms with Crippen LogP contribution in [0.1, 0.15) is 19.8 Å². The molecular formula is C8H17NO2. The van der Waals surface area contributed by atoms with E-state index in [1.54, 1.807) is 7.11 Å². The van der Waals surface area contributed by atoms with Crippen molar-refractivity contribution in [1.82, 2.24) is 0 Å². The normalized spacial score (nSPS) is 33.0. The van der Waals surface area contributed by atoms with Crippen molar-refractivity contribution in [2.24, 2.45) is 5.73 Å². The third kappa shape index (κ3) is 2.77. The molecule has 0 aromatic carbocycles. The highest BCUT2D eigenvalue weighted by Crippen LogP contribution is 2.22. The van der Waals surface area contributed by atoms with Crippen molar-refractivity contribution in [3.05, 3.63) is 0 Å². The summed E-state index contributed by atoms with van der Waals surface area (Å²) in [6, 6.07) is 0.370. The van der Waals surface area contributed by atoms with Crippen LogP contribution in [-0.2, 0) is 9.47 Å². The zero-order chi connectivity index (χ0) is 8.27. The third-order valence-corrected chi connectivity index (χ3v) is 1.96. The third-order valence-electron chi connectivity index (χ3n) is 1.96. The van der Waals surface area contributed by atoms with Gasteiger partial charge in [-0.15, -0.1) is 0 Å². The molecule has 3 nitrogen and oxygen atoms in total. The average molecular weight is 159 g/mol. The van der Waals surface area contributed by atoms with E-state index in [2.05, 4.69) is 0 Å². The second kappa shape index (κ2) is 4.04. The lowest BCUT2D eigenvalue weighted by molar-refractivity contribution is -0.0753. The summed E-state index contributed by atoms with van der Waals surface area (Å²) in [4.78, 5) is 0. The van der Waals surface area contributed by atoms with Gasteiger partial charge in [-0.05, 0) is 19.8 Å². The molecule has 1 fully saturated rings. The van der Waals surface area contributed by atoms with Crippen molar-refractivity contribution in [3.8, 4) is 0 Å². The van der Waals surface area contributed by atoms with E-state index in [0.29, 0.717) is 18.8 Å². The van der Waals surface area contributed by atoms with E-state index in [0.717, 1.165) is 12.8 Å². The summed E-state index contributed by atoms with van der Waals surface area (Å²) in [6.07, 6.45) is 2.61. The van der Waals surface area contributed by atoms with Crippen molar-refractivity contribution >= 4 is 0 Å². The molecular weight excluding hydrogens is 142 g/mol. The number of rotatable bonds is 4. The van der Waals surface area contributed by atoms with Crippen LogP contribution in [0.15, 0.2) is 0 Å². The predicted octanol–water partition coefficient (Wildman–Crippen LogP) is 0.528. The van der Waals surface area contributed by atoms with Crippen molar-refractivity contribution < 1.29 is 9.47 Å². The Kier molecular flexibility index (Phi) is 3.30. The molecule has 0 spiro atoms. The SMILES string of the molecule is COCC(C)OC1CC(N)C1. The number of hydrogen-bond acceptors (Lipinski definition) is 3. The van der Waals surface area contributed by atoms with E-state index in [9.17, 15) is 0 Å². The highest BCUT2D eigenvalue weighted by molar-refractivity contribution is 4.83. The molecule has 1 aliphatic rings. The fourth-order valence-electron chi connectivity index (χ4n) is 1.32. The first kappa shape index (κ1) is 8.97. The number of methoxy groups -OCH3 is 1. The van der Waals surface area contributed by atoms with E-state index in [1.165, 1.54) is 0 Å². The zero-order valence-electron chi connectivity index (χ0n) is 7.25. The Morgan fingerprint density at radius 2 is 2.18 bits per heavy atom. The van der Waals surface area contributed by atoms with Gasteiger partial charge >= 0.3 is 0 Å². The molecule has 0 aliphatic heterocycles. The van der Waals surface area contributed by atoms with Gasteiger partial charge in [0.2, 0.25) is 0 Å². The molecule has 0 amide bonds. The summed E-state index contributed by atoms with van der Waals surface area (Å²) < 4.78 is 10.5. The first-order valence-corrected chi connectivity index (χ1v) is 4.12. The number of nitrogens with two attached hydrogens (primary N) is 1. The van der Waals surface area contributed by atoms with Crippen molar-refractivity contribution in [2.75, 3.05) is 13.7 Å². The van der Waals surface area contributed by atoms with Gasteiger partial charge in [0.05, 0.1) is 18.8 Å². The minimum absolute atomic E-state index is 0.206. The van der Waals surface area contributed by atoms with Gasteiger partial charge in [-0.2, -0.15) is 0 Å². The molecule has 0 bridgehead atoms. The zero-order valence-corrected chi connectivity index (χ0v) is 7.25. The quantitative estimate of drug-likeness (QED) is 0.650. The maximum Gasteiger partial charge on any atom is 0.0784 e. The van der Waals surface area contributed by atoms with E-state index < -0.39 is 0 Å². The van der Waals surface area contributed by atoms with Gasteiger partial charge in [-0.25, -0.2) is 0 Å². The Morgan fingerprint density at radius 3 is 2.64 bits per heavy atom. The Bertz CT molecular complexity index is 110. The predicted molar refractivity (Wildman–Crippen MR) is 43.4 cm³/mol. The van der Waals surface area contributed by atoms with Gasteiger partial charge in [0.15, 0.2) is 0 Å². The molecule has 0 heterocycles. The fraction of sp³-hybridized carbons (Fsp3) is 1.00. The average Bonchev–Trinajstić information content (AvgIpc) is 1.85. The van der Waals surface area contributed by atoms with Gasteiger partial charge in [0, 0.05) is 13.2 Å². The Labute approximate surface area is 67.9 Å². The molecule has 1 aliphatic carbocycles. The van der Waals surface area contributed by atoms with E-state index in [1.807, 2.05) is 6.92 Å². The molecule has 2 N–H and O–H groups in total. The highest BCUT2D eigenvalue weighted by Gasteiger charge is 2.27. The van der Waals surface area contributed by atoms with E-state index in [4.69, 9.17) is 15.2 Å². The Morgan fingerprint density at radius 1 is 1.55 bits per heavy atom. The van der Waals surface area contributed by atoms with Crippen LogP contribution in [-0.4, -0.2) is 32.0 Å².